The monoisotopic (exact) mass is 407 g/mol. The molecule has 3 amide bonds. The Morgan fingerprint density at radius 3 is 2.10 bits per heavy atom. The van der Waals surface area contributed by atoms with Crippen molar-refractivity contribution in [3.63, 3.8) is 0 Å². The first-order valence-electron chi connectivity index (χ1n) is 9.72. The standard InChI is InChI=1S/C22H21N3O5/c26-19(15-5-7-16(8-6-15)24-9-11-30-12-10-24)13-23-20(27)14-25-21(28)17-3-1-2-4-18(17)22(25)29/h1-8H,9-14H2,(H,23,27). The summed E-state index contributed by atoms with van der Waals surface area (Å²) < 4.78 is 5.34. The van der Waals surface area contributed by atoms with Crippen molar-refractivity contribution in [3.8, 4) is 0 Å². The highest BCUT2D eigenvalue weighted by Gasteiger charge is 2.36. The lowest BCUT2D eigenvalue weighted by Gasteiger charge is -2.28. The minimum absolute atomic E-state index is 0.209. The van der Waals surface area contributed by atoms with Crippen molar-refractivity contribution in [2.24, 2.45) is 0 Å². The summed E-state index contributed by atoms with van der Waals surface area (Å²) in [7, 11) is 0. The number of ketones is 1. The van der Waals surface area contributed by atoms with Gasteiger partial charge in [0, 0.05) is 24.3 Å². The van der Waals surface area contributed by atoms with E-state index in [1.807, 2.05) is 12.1 Å². The molecule has 2 aliphatic rings. The van der Waals surface area contributed by atoms with Crippen molar-refractivity contribution in [1.82, 2.24) is 10.2 Å². The molecule has 8 heteroatoms. The summed E-state index contributed by atoms with van der Waals surface area (Å²) in [5.41, 5.74) is 2.07. The maximum absolute atomic E-state index is 12.4. The Morgan fingerprint density at radius 2 is 1.50 bits per heavy atom. The molecule has 8 nitrogen and oxygen atoms in total. The van der Waals surface area contributed by atoms with Gasteiger partial charge in [-0.05, 0) is 36.4 Å². The fraction of sp³-hybridized carbons (Fsp3) is 0.273. The number of ether oxygens (including phenoxy) is 1. The first-order valence-corrected chi connectivity index (χ1v) is 9.72. The third-order valence-electron chi connectivity index (χ3n) is 5.19. The second kappa shape index (κ2) is 8.46. The Balaban J connectivity index is 1.30. The Hall–Kier alpha value is -3.52. The number of carbonyl (C=O) groups is 4. The summed E-state index contributed by atoms with van der Waals surface area (Å²) >= 11 is 0. The van der Waals surface area contributed by atoms with Crippen molar-refractivity contribution >= 4 is 29.2 Å². The lowest BCUT2D eigenvalue weighted by molar-refractivity contribution is -0.121. The van der Waals surface area contributed by atoms with Crippen molar-refractivity contribution in [2.75, 3.05) is 44.3 Å². The Labute approximate surface area is 173 Å². The molecule has 2 aromatic rings. The van der Waals surface area contributed by atoms with Gasteiger partial charge in [-0.2, -0.15) is 0 Å². The summed E-state index contributed by atoms with van der Waals surface area (Å²) in [6.07, 6.45) is 0. The highest BCUT2D eigenvalue weighted by atomic mass is 16.5. The lowest BCUT2D eigenvalue weighted by Crippen LogP contribution is -2.41. The van der Waals surface area contributed by atoms with Crippen LogP contribution in [0.3, 0.4) is 0 Å². The van der Waals surface area contributed by atoms with Crippen LogP contribution in [0.5, 0.6) is 0 Å². The molecule has 1 N–H and O–H groups in total. The van der Waals surface area contributed by atoms with Crippen molar-refractivity contribution in [2.45, 2.75) is 0 Å². The van der Waals surface area contributed by atoms with Gasteiger partial charge in [-0.1, -0.05) is 12.1 Å². The van der Waals surface area contributed by atoms with E-state index in [0.717, 1.165) is 23.7 Å². The summed E-state index contributed by atoms with van der Waals surface area (Å²) in [4.78, 5) is 52.3. The van der Waals surface area contributed by atoms with Crippen LogP contribution in [-0.2, 0) is 9.53 Å². The molecule has 2 aromatic carbocycles. The molecule has 0 spiro atoms. The number of morpholine rings is 1. The lowest BCUT2D eigenvalue weighted by atomic mass is 10.1. The maximum Gasteiger partial charge on any atom is 0.262 e. The van der Waals surface area contributed by atoms with Crippen LogP contribution in [-0.4, -0.2) is 67.8 Å². The molecule has 1 saturated heterocycles. The van der Waals surface area contributed by atoms with Gasteiger partial charge < -0.3 is 15.0 Å². The summed E-state index contributed by atoms with van der Waals surface area (Å²) in [5, 5.41) is 2.49. The number of amides is 3. The van der Waals surface area contributed by atoms with Crippen LogP contribution >= 0.6 is 0 Å². The molecule has 0 aliphatic carbocycles. The number of nitrogens with zero attached hydrogens (tertiary/aromatic N) is 2. The minimum atomic E-state index is -0.567. The second-order valence-electron chi connectivity index (χ2n) is 7.09. The van der Waals surface area contributed by atoms with Gasteiger partial charge in [0.05, 0.1) is 30.9 Å². The molecule has 1 fully saturated rings. The SMILES string of the molecule is O=C(CN1C(=O)c2ccccc2C1=O)NCC(=O)c1ccc(N2CCOCC2)cc1. The van der Waals surface area contributed by atoms with Gasteiger partial charge in [0.2, 0.25) is 5.91 Å². The molecule has 154 valence electrons. The van der Waals surface area contributed by atoms with E-state index < -0.39 is 24.3 Å². The van der Waals surface area contributed by atoms with Gasteiger partial charge in [0.15, 0.2) is 5.78 Å². The molecule has 0 radical (unpaired) electrons. The largest absolute Gasteiger partial charge is 0.378 e. The number of hydrogen-bond donors (Lipinski definition) is 1. The van der Waals surface area contributed by atoms with Gasteiger partial charge in [-0.15, -0.1) is 0 Å². The van der Waals surface area contributed by atoms with E-state index >= 15 is 0 Å². The molecule has 2 heterocycles. The van der Waals surface area contributed by atoms with Crippen LogP contribution < -0.4 is 10.2 Å². The molecule has 2 aliphatic heterocycles. The highest BCUT2D eigenvalue weighted by molar-refractivity contribution is 6.22. The van der Waals surface area contributed by atoms with E-state index in [1.54, 1.807) is 36.4 Å². The van der Waals surface area contributed by atoms with E-state index in [9.17, 15) is 19.2 Å². The first-order chi connectivity index (χ1) is 14.5. The number of nitrogens with one attached hydrogen (secondary N) is 1. The van der Waals surface area contributed by atoms with Gasteiger partial charge >= 0.3 is 0 Å². The van der Waals surface area contributed by atoms with Crippen molar-refractivity contribution in [1.29, 1.82) is 0 Å². The molecule has 0 atom stereocenters. The number of imide groups is 1. The van der Waals surface area contributed by atoms with Crippen LogP contribution in [0.25, 0.3) is 0 Å². The molecule has 0 saturated carbocycles. The zero-order chi connectivity index (χ0) is 21.1. The minimum Gasteiger partial charge on any atom is -0.378 e. The maximum atomic E-state index is 12.4. The normalized spacial score (nSPS) is 15.9. The topological polar surface area (TPSA) is 96.0 Å². The number of hydrogen-bond acceptors (Lipinski definition) is 6. The van der Waals surface area contributed by atoms with Crippen molar-refractivity contribution in [3.05, 3.63) is 65.2 Å². The zero-order valence-corrected chi connectivity index (χ0v) is 16.3. The predicted octanol–water partition coefficient (Wildman–Crippen LogP) is 1.12. The smallest absolute Gasteiger partial charge is 0.262 e. The number of carbonyl (C=O) groups excluding carboxylic acids is 4. The molecule has 0 aromatic heterocycles. The quantitative estimate of drug-likeness (QED) is 0.570. The molecule has 0 unspecified atom stereocenters. The summed E-state index contributed by atoms with van der Waals surface area (Å²) in [5.74, 6) is -1.83. The van der Waals surface area contributed by atoms with Crippen LogP contribution in [0.1, 0.15) is 31.1 Å². The average molecular weight is 407 g/mol. The van der Waals surface area contributed by atoms with Crippen molar-refractivity contribution < 1.29 is 23.9 Å². The van der Waals surface area contributed by atoms with Crippen LogP contribution in [0, 0.1) is 0 Å². The molecule has 0 bridgehead atoms. The summed E-state index contributed by atoms with van der Waals surface area (Å²) in [6, 6.07) is 13.6. The third kappa shape index (κ3) is 3.95. The van der Waals surface area contributed by atoms with Gasteiger partial charge in [0.1, 0.15) is 6.54 Å². The molecular formula is C22H21N3O5. The van der Waals surface area contributed by atoms with Gasteiger partial charge in [0.25, 0.3) is 11.8 Å². The van der Waals surface area contributed by atoms with Gasteiger partial charge in [-0.3, -0.25) is 24.1 Å². The van der Waals surface area contributed by atoms with E-state index in [-0.39, 0.29) is 23.5 Å². The third-order valence-corrected chi connectivity index (χ3v) is 5.19. The van der Waals surface area contributed by atoms with Crippen LogP contribution in [0.15, 0.2) is 48.5 Å². The Morgan fingerprint density at radius 1 is 0.900 bits per heavy atom. The molecule has 30 heavy (non-hydrogen) atoms. The number of fused-ring (bicyclic) bond motifs is 1. The van der Waals surface area contributed by atoms with Gasteiger partial charge in [-0.25, -0.2) is 0 Å². The average Bonchev–Trinajstić information content (AvgIpc) is 3.03. The summed E-state index contributed by atoms with van der Waals surface area (Å²) in [6.45, 7) is 2.34. The number of benzene rings is 2. The van der Waals surface area contributed by atoms with E-state index in [1.165, 1.54) is 0 Å². The Kier molecular flexibility index (Phi) is 5.58. The van der Waals surface area contributed by atoms with Crippen LogP contribution in [0.2, 0.25) is 0 Å². The van der Waals surface area contributed by atoms with E-state index in [0.29, 0.717) is 18.8 Å². The predicted molar refractivity (Wildman–Crippen MR) is 109 cm³/mol. The zero-order valence-electron chi connectivity index (χ0n) is 16.3. The van der Waals surface area contributed by atoms with Crippen LogP contribution in [0.4, 0.5) is 5.69 Å². The molecular weight excluding hydrogens is 386 g/mol. The van der Waals surface area contributed by atoms with E-state index in [4.69, 9.17) is 4.74 Å². The Bertz CT molecular complexity index is 961. The molecule has 4 rings (SSSR count). The number of anilines is 1. The highest BCUT2D eigenvalue weighted by Crippen LogP contribution is 2.22. The fourth-order valence-electron chi connectivity index (χ4n) is 3.54. The number of Topliss-reactive ketones (excluding diaryl/α,β-unsaturated/α-hetero) is 1. The van der Waals surface area contributed by atoms with E-state index in [2.05, 4.69) is 10.2 Å². The second-order valence-corrected chi connectivity index (χ2v) is 7.09. The number of rotatable bonds is 6. The first kappa shape index (κ1) is 19.8. The fourth-order valence-corrected chi connectivity index (χ4v) is 3.54.